The van der Waals surface area contributed by atoms with Gasteiger partial charge in [0.25, 0.3) is 0 Å². The van der Waals surface area contributed by atoms with E-state index in [0.29, 0.717) is 13.2 Å². The minimum absolute atomic E-state index is 0.0340. The number of methoxy groups -OCH3 is 1. The van der Waals surface area contributed by atoms with Gasteiger partial charge in [-0.2, -0.15) is 0 Å². The molecule has 0 aliphatic heterocycles. The summed E-state index contributed by atoms with van der Waals surface area (Å²) in [4.78, 5) is 24.7. The van der Waals surface area contributed by atoms with Crippen molar-refractivity contribution in [3.8, 4) is 0 Å². The van der Waals surface area contributed by atoms with Gasteiger partial charge in [0.2, 0.25) is 11.8 Å². The fourth-order valence-electron chi connectivity index (χ4n) is 1.33. The molecule has 0 aromatic rings. The molecule has 6 heteroatoms. The van der Waals surface area contributed by atoms with E-state index in [9.17, 15) is 9.59 Å². The molecule has 2 amide bonds. The summed E-state index contributed by atoms with van der Waals surface area (Å²) in [5.41, 5.74) is 5.74. The van der Waals surface area contributed by atoms with E-state index < -0.39 is 6.04 Å². The largest absolute Gasteiger partial charge is 0.385 e. The summed E-state index contributed by atoms with van der Waals surface area (Å²) < 4.78 is 4.87. The van der Waals surface area contributed by atoms with Crippen LogP contribution in [0, 0.1) is 5.92 Å². The maximum absolute atomic E-state index is 11.8. The summed E-state index contributed by atoms with van der Waals surface area (Å²) in [5, 5.41) is 2.72. The number of hydrogen-bond donors (Lipinski definition) is 2. The molecule has 1 atom stereocenters. The highest BCUT2D eigenvalue weighted by Crippen LogP contribution is 2.01. The molecule has 0 aromatic heterocycles. The van der Waals surface area contributed by atoms with Gasteiger partial charge in [0.15, 0.2) is 0 Å². The monoisotopic (exact) mass is 259 g/mol. The maximum Gasteiger partial charge on any atom is 0.239 e. The molecule has 0 spiro atoms. The number of amides is 2. The van der Waals surface area contributed by atoms with Gasteiger partial charge in [0, 0.05) is 27.3 Å². The Balaban J connectivity index is 3.96. The van der Waals surface area contributed by atoms with Crippen molar-refractivity contribution in [2.24, 2.45) is 11.7 Å². The van der Waals surface area contributed by atoms with Crippen LogP contribution in [-0.4, -0.2) is 56.6 Å². The van der Waals surface area contributed by atoms with E-state index in [1.54, 1.807) is 14.2 Å². The van der Waals surface area contributed by atoms with Crippen LogP contribution >= 0.6 is 0 Å². The molecular formula is C12H25N3O3. The van der Waals surface area contributed by atoms with Gasteiger partial charge in [0.05, 0.1) is 12.6 Å². The number of nitrogens with one attached hydrogen (secondary N) is 1. The van der Waals surface area contributed by atoms with Crippen molar-refractivity contribution >= 4 is 11.8 Å². The number of likely N-dealkylation sites (N-methyl/N-ethyl adjacent to an activating group) is 1. The fraction of sp³-hybridized carbons (Fsp3) is 0.833. The fourth-order valence-corrected chi connectivity index (χ4v) is 1.33. The maximum atomic E-state index is 11.8. The normalized spacial score (nSPS) is 12.3. The van der Waals surface area contributed by atoms with E-state index in [0.717, 1.165) is 6.42 Å². The SMILES string of the molecule is COCCCNC(=O)CN(C)C(=O)[C@H](N)C(C)C. The zero-order valence-electron chi connectivity index (χ0n) is 11.7. The van der Waals surface area contributed by atoms with Crippen LogP contribution in [0.5, 0.6) is 0 Å². The van der Waals surface area contributed by atoms with Crippen LogP contribution in [0.3, 0.4) is 0 Å². The summed E-state index contributed by atoms with van der Waals surface area (Å²) in [6.45, 7) is 4.94. The number of nitrogens with two attached hydrogens (primary N) is 1. The summed E-state index contributed by atoms with van der Waals surface area (Å²) in [6, 6.07) is -0.559. The second kappa shape index (κ2) is 8.88. The molecule has 0 radical (unpaired) electrons. The molecule has 3 N–H and O–H groups in total. The van der Waals surface area contributed by atoms with E-state index in [4.69, 9.17) is 10.5 Å². The number of nitrogens with zero attached hydrogens (tertiary/aromatic N) is 1. The van der Waals surface area contributed by atoms with Gasteiger partial charge in [-0.05, 0) is 12.3 Å². The summed E-state index contributed by atoms with van der Waals surface area (Å²) in [7, 11) is 3.20. The van der Waals surface area contributed by atoms with Crippen molar-refractivity contribution < 1.29 is 14.3 Å². The van der Waals surface area contributed by atoms with Gasteiger partial charge in [0.1, 0.15) is 0 Å². The smallest absolute Gasteiger partial charge is 0.239 e. The third-order valence-electron chi connectivity index (χ3n) is 2.61. The molecule has 0 aliphatic rings. The third kappa shape index (κ3) is 6.56. The molecule has 0 heterocycles. The molecule has 0 saturated carbocycles. The molecule has 0 rings (SSSR count). The van der Waals surface area contributed by atoms with Gasteiger partial charge < -0.3 is 20.7 Å². The molecule has 0 saturated heterocycles. The van der Waals surface area contributed by atoms with E-state index in [-0.39, 0.29) is 24.3 Å². The molecule has 0 fully saturated rings. The quantitative estimate of drug-likeness (QED) is 0.580. The second-order valence-electron chi connectivity index (χ2n) is 4.66. The zero-order valence-corrected chi connectivity index (χ0v) is 11.7. The Morgan fingerprint density at radius 1 is 1.39 bits per heavy atom. The Bertz CT molecular complexity index is 269. The molecule has 18 heavy (non-hydrogen) atoms. The number of ether oxygens (including phenoxy) is 1. The lowest BCUT2D eigenvalue weighted by Gasteiger charge is -2.22. The van der Waals surface area contributed by atoms with Crippen molar-refractivity contribution in [2.45, 2.75) is 26.3 Å². The van der Waals surface area contributed by atoms with Crippen LogP contribution in [0.1, 0.15) is 20.3 Å². The van der Waals surface area contributed by atoms with Crippen LogP contribution in [0.25, 0.3) is 0 Å². The van der Waals surface area contributed by atoms with Crippen molar-refractivity contribution in [3.05, 3.63) is 0 Å². The Kier molecular flexibility index (Phi) is 8.32. The molecule has 0 aromatic carbocycles. The highest BCUT2D eigenvalue weighted by atomic mass is 16.5. The first-order valence-electron chi connectivity index (χ1n) is 6.16. The van der Waals surface area contributed by atoms with E-state index in [1.807, 2.05) is 13.8 Å². The minimum Gasteiger partial charge on any atom is -0.385 e. The summed E-state index contributed by atoms with van der Waals surface area (Å²) >= 11 is 0. The molecule has 0 unspecified atom stereocenters. The molecule has 6 nitrogen and oxygen atoms in total. The number of rotatable bonds is 8. The molecular weight excluding hydrogens is 234 g/mol. The average Bonchev–Trinajstić information content (AvgIpc) is 2.32. The van der Waals surface area contributed by atoms with Gasteiger partial charge in [-0.1, -0.05) is 13.8 Å². The first-order valence-corrected chi connectivity index (χ1v) is 6.16. The highest BCUT2D eigenvalue weighted by Gasteiger charge is 2.22. The van der Waals surface area contributed by atoms with E-state index in [2.05, 4.69) is 5.32 Å². The Labute approximate surface area is 109 Å². The van der Waals surface area contributed by atoms with Crippen molar-refractivity contribution in [2.75, 3.05) is 33.9 Å². The summed E-state index contributed by atoms with van der Waals surface area (Å²) in [6.07, 6.45) is 0.755. The lowest BCUT2D eigenvalue weighted by Crippen LogP contribution is -2.48. The molecule has 106 valence electrons. The van der Waals surface area contributed by atoms with Crippen LogP contribution in [0.4, 0.5) is 0 Å². The first kappa shape index (κ1) is 16.9. The second-order valence-corrected chi connectivity index (χ2v) is 4.66. The predicted octanol–water partition coefficient (Wildman–Crippen LogP) is -0.419. The Morgan fingerprint density at radius 2 is 2.00 bits per heavy atom. The van der Waals surface area contributed by atoms with Crippen LogP contribution in [-0.2, 0) is 14.3 Å². The number of hydrogen-bond acceptors (Lipinski definition) is 4. The molecule has 0 aliphatic carbocycles. The van der Waals surface area contributed by atoms with Crippen LogP contribution in [0.15, 0.2) is 0 Å². The number of carbonyl (C=O) groups is 2. The van der Waals surface area contributed by atoms with Crippen molar-refractivity contribution in [1.82, 2.24) is 10.2 Å². The van der Waals surface area contributed by atoms with Gasteiger partial charge >= 0.3 is 0 Å². The zero-order chi connectivity index (χ0) is 14.1. The Morgan fingerprint density at radius 3 is 2.50 bits per heavy atom. The van der Waals surface area contributed by atoms with Crippen molar-refractivity contribution in [1.29, 1.82) is 0 Å². The average molecular weight is 259 g/mol. The Hall–Kier alpha value is -1.14. The standard InChI is InChI=1S/C12H25N3O3/c1-9(2)11(13)12(17)15(3)8-10(16)14-6-5-7-18-4/h9,11H,5-8,13H2,1-4H3,(H,14,16)/t11-/m1/s1. The van der Waals surface area contributed by atoms with Crippen LogP contribution < -0.4 is 11.1 Å². The van der Waals surface area contributed by atoms with Gasteiger partial charge in [-0.25, -0.2) is 0 Å². The van der Waals surface area contributed by atoms with Gasteiger partial charge in [-0.3, -0.25) is 9.59 Å². The van der Waals surface area contributed by atoms with E-state index >= 15 is 0 Å². The number of carbonyl (C=O) groups excluding carboxylic acids is 2. The van der Waals surface area contributed by atoms with Crippen LogP contribution in [0.2, 0.25) is 0 Å². The van der Waals surface area contributed by atoms with E-state index in [1.165, 1.54) is 4.90 Å². The van der Waals surface area contributed by atoms with Crippen molar-refractivity contribution in [3.63, 3.8) is 0 Å². The van der Waals surface area contributed by atoms with Gasteiger partial charge in [-0.15, -0.1) is 0 Å². The predicted molar refractivity (Wildman–Crippen MR) is 70.0 cm³/mol. The third-order valence-corrected chi connectivity index (χ3v) is 2.61. The lowest BCUT2D eigenvalue weighted by molar-refractivity contribution is -0.136. The highest BCUT2D eigenvalue weighted by molar-refractivity contribution is 5.87. The lowest BCUT2D eigenvalue weighted by atomic mass is 10.0. The summed E-state index contributed by atoms with van der Waals surface area (Å²) in [5.74, 6) is -0.334. The molecule has 0 bridgehead atoms. The first-order chi connectivity index (χ1) is 8.40. The topological polar surface area (TPSA) is 84.7 Å². The minimum atomic E-state index is -0.559.